The van der Waals surface area contributed by atoms with Crippen LogP contribution in [-0.4, -0.2) is 66.8 Å². The number of amides is 1. The van der Waals surface area contributed by atoms with Crippen molar-refractivity contribution < 1.29 is 22.3 Å². The first-order chi connectivity index (χ1) is 17.3. The highest BCUT2D eigenvalue weighted by Crippen LogP contribution is 2.29. The quantitative estimate of drug-likeness (QED) is 0.560. The molecule has 0 atom stereocenters. The van der Waals surface area contributed by atoms with Crippen molar-refractivity contribution >= 4 is 37.9 Å². The van der Waals surface area contributed by atoms with Crippen LogP contribution in [0, 0.1) is 5.82 Å². The highest BCUT2D eigenvalue weighted by atomic mass is 32.2. The van der Waals surface area contributed by atoms with E-state index in [4.69, 9.17) is 4.74 Å². The molecule has 2 aromatic carbocycles. The summed E-state index contributed by atoms with van der Waals surface area (Å²) in [4.78, 5) is 19.5. The molecule has 5 rings (SSSR count). The van der Waals surface area contributed by atoms with Crippen molar-refractivity contribution in [2.45, 2.75) is 25.8 Å². The van der Waals surface area contributed by atoms with Gasteiger partial charge in [0.25, 0.3) is 5.91 Å². The fourth-order valence-electron chi connectivity index (χ4n) is 4.75. The standard InChI is InChI=1S/C26H27FN4O4S/c1-35-24-6-2-5-22(27)21(24)16-31-11-3-4-19(15-31)28-26(32)18-7-8-23-20(14-18)25(30-29-23)17-9-12-36(33,34)13-10-17/h2,5-9,14H,3-4,10-13,15-16H2,1H3,(H,29,30). The third kappa shape index (κ3) is 5.10. The molecule has 1 aromatic heterocycles. The number of carbonyl (C=O) groups is 1. The Hall–Kier alpha value is -3.37. The Morgan fingerprint density at radius 1 is 1.25 bits per heavy atom. The summed E-state index contributed by atoms with van der Waals surface area (Å²) in [6.45, 7) is 1.63. The number of nitrogens with zero attached hydrogens (tertiary/aromatic N) is 3. The fraction of sp³-hybridized carbons (Fsp3) is 0.346. The minimum absolute atomic E-state index is 0.00177. The molecule has 0 radical (unpaired) electrons. The van der Waals surface area contributed by atoms with Gasteiger partial charge in [-0.05, 0) is 61.7 Å². The summed E-state index contributed by atoms with van der Waals surface area (Å²) in [5, 5.41) is 8.10. The Bertz CT molecular complexity index is 1490. The van der Waals surface area contributed by atoms with Crippen molar-refractivity contribution in [1.82, 2.24) is 15.1 Å². The first kappa shape index (κ1) is 24.3. The van der Waals surface area contributed by atoms with E-state index in [2.05, 4.69) is 20.1 Å². The van der Waals surface area contributed by atoms with E-state index in [0.717, 1.165) is 35.2 Å². The average Bonchev–Trinajstić information content (AvgIpc) is 3.29. The van der Waals surface area contributed by atoms with Gasteiger partial charge in [-0.2, -0.15) is 5.10 Å². The van der Waals surface area contributed by atoms with Crippen LogP contribution in [0.25, 0.3) is 16.5 Å². The van der Waals surface area contributed by atoms with Crippen molar-refractivity contribution in [3.8, 4) is 5.75 Å². The van der Waals surface area contributed by atoms with Crippen LogP contribution >= 0.6 is 0 Å². The summed E-state index contributed by atoms with van der Waals surface area (Å²) in [7, 11) is -1.52. The second-order valence-corrected chi connectivity index (χ2v) is 11.4. The largest absolute Gasteiger partial charge is 0.496 e. The Balaban J connectivity index is 1.35. The first-order valence-corrected chi connectivity index (χ1v) is 13.7. The number of aromatic nitrogens is 2. The number of aromatic amines is 1. The monoisotopic (exact) mass is 510 g/mol. The second-order valence-electron chi connectivity index (χ2n) is 9.14. The maximum absolute atomic E-state index is 14.4. The smallest absolute Gasteiger partial charge is 0.276 e. The molecule has 1 saturated heterocycles. The summed E-state index contributed by atoms with van der Waals surface area (Å²) >= 11 is 0. The number of sulfone groups is 1. The maximum atomic E-state index is 14.4. The number of piperidine rings is 1. The fourth-order valence-corrected chi connectivity index (χ4v) is 5.90. The third-order valence-electron chi connectivity index (χ3n) is 6.66. The van der Waals surface area contributed by atoms with Crippen molar-refractivity contribution in [2.24, 2.45) is 4.99 Å². The average molecular weight is 511 g/mol. The molecule has 10 heteroatoms. The van der Waals surface area contributed by atoms with E-state index in [1.165, 1.54) is 13.2 Å². The number of nitrogens with one attached hydrogen (secondary N) is 1. The van der Waals surface area contributed by atoms with Crippen LogP contribution in [-0.2, 0) is 16.4 Å². The number of carbonyl (C=O) groups excluding carboxylic acids is 1. The SMILES string of the molecule is COc1cccc(F)c1CN1CCCC(=NC(=O)c2ccc3[nH]nc(C4=CCS(=O)(=O)CC4)c3c2)C1. The number of likely N-dealkylation sites (tertiary alicyclic amines) is 1. The molecule has 8 nitrogen and oxygen atoms in total. The van der Waals surface area contributed by atoms with Crippen LogP contribution in [0.2, 0.25) is 0 Å². The third-order valence-corrected chi connectivity index (χ3v) is 8.16. The van der Waals surface area contributed by atoms with E-state index in [0.29, 0.717) is 48.5 Å². The molecule has 0 spiro atoms. The van der Waals surface area contributed by atoms with E-state index in [-0.39, 0.29) is 23.2 Å². The summed E-state index contributed by atoms with van der Waals surface area (Å²) < 4.78 is 43.3. The minimum atomic E-state index is -3.05. The van der Waals surface area contributed by atoms with Gasteiger partial charge in [0.2, 0.25) is 0 Å². The maximum Gasteiger partial charge on any atom is 0.276 e. The van der Waals surface area contributed by atoms with Gasteiger partial charge in [0.15, 0.2) is 9.84 Å². The van der Waals surface area contributed by atoms with E-state index in [9.17, 15) is 17.6 Å². The minimum Gasteiger partial charge on any atom is -0.496 e. The molecule has 188 valence electrons. The van der Waals surface area contributed by atoms with Gasteiger partial charge in [0.05, 0.1) is 29.8 Å². The van der Waals surface area contributed by atoms with Crippen molar-refractivity contribution in [2.75, 3.05) is 31.7 Å². The molecule has 0 unspecified atom stereocenters. The molecule has 2 aliphatic rings. The zero-order chi connectivity index (χ0) is 25.3. The van der Waals surface area contributed by atoms with E-state index in [1.54, 1.807) is 36.4 Å². The molecular formula is C26H27FN4O4S. The Morgan fingerprint density at radius 3 is 2.89 bits per heavy atom. The van der Waals surface area contributed by atoms with Crippen LogP contribution < -0.4 is 4.74 Å². The molecule has 36 heavy (non-hydrogen) atoms. The molecule has 1 amide bonds. The molecule has 3 aromatic rings. The summed E-state index contributed by atoms with van der Waals surface area (Å²) in [6.07, 6.45) is 3.62. The van der Waals surface area contributed by atoms with Gasteiger partial charge in [-0.25, -0.2) is 17.8 Å². The number of fused-ring (bicyclic) bond motifs is 1. The van der Waals surface area contributed by atoms with Gasteiger partial charge in [0, 0.05) is 35.3 Å². The molecule has 0 bridgehead atoms. The number of hydrogen-bond acceptors (Lipinski definition) is 6. The van der Waals surface area contributed by atoms with Gasteiger partial charge >= 0.3 is 0 Å². The molecule has 3 heterocycles. The number of H-pyrrole nitrogens is 1. The van der Waals surface area contributed by atoms with Gasteiger partial charge in [-0.3, -0.25) is 14.8 Å². The van der Waals surface area contributed by atoms with Gasteiger partial charge in [-0.15, -0.1) is 0 Å². The lowest BCUT2D eigenvalue weighted by Crippen LogP contribution is -2.36. The van der Waals surface area contributed by atoms with E-state index < -0.39 is 9.84 Å². The van der Waals surface area contributed by atoms with Crippen LogP contribution in [0.15, 0.2) is 47.5 Å². The van der Waals surface area contributed by atoms with Gasteiger partial charge in [-0.1, -0.05) is 12.1 Å². The highest BCUT2D eigenvalue weighted by molar-refractivity contribution is 7.91. The number of benzene rings is 2. The van der Waals surface area contributed by atoms with Crippen molar-refractivity contribution in [1.29, 1.82) is 0 Å². The molecule has 1 N–H and O–H groups in total. The Labute approximate surface area is 208 Å². The summed E-state index contributed by atoms with van der Waals surface area (Å²) in [5.41, 5.74) is 3.99. The van der Waals surface area contributed by atoms with Crippen LogP contribution in [0.4, 0.5) is 4.39 Å². The normalized spacial score (nSPS) is 19.4. The predicted molar refractivity (Wildman–Crippen MR) is 137 cm³/mol. The molecular weight excluding hydrogens is 483 g/mol. The number of hydrogen-bond donors (Lipinski definition) is 1. The zero-order valence-corrected chi connectivity index (χ0v) is 20.8. The van der Waals surface area contributed by atoms with Crippen molar-refractivity contribution in [3.63, 3.8) is 0 Å². The van der Waals surface area contributed by atoms with Crippen molar-refractivity contribution in [3.05, 3.63) is 65.1 Å². The number of aliphatic imine (C=N–C) groups is 1. The molecule has 0 saturated carbocycles. The second kappa shape index (κ2) is 9.94. The van der Waals surface area contributed by atoms with E-state index >= 15 is 0 Å². The number of allylic oxidation sites excluding steroid dienone is 1. The number of rotatable bonds is 5. The highest BCUT2D eigenvalue weighted by Gasteiger charge is 2.22. The molecule has 1 fully saturated rings. The zero-order valence-electron chi connectivity index (χ0n) is 20.0. The number of ether oxygens (including phenoxy) is 1. The Kier molecular flexibility index (Phi) is 6.72. The lowest BCUT2D eigenvalue weighted by atomic mass is 10.0. The molecule has 0 aliphatic carbocycles. The topological polar surface area (TPSA) is 105 Å². The Morgan fingerprint density at radius 2 is 2.11 bits per heavy atom. The lowest BCUT2D eigenvalue weighted by Gasteiger charge is -2.28. The first-order valence-electron chi connectivity index (χ1n) is 11.9. The van der Waals surface area contributed by atoms with Gasteiger partial charge in [0.1, 0.15) is 11.6 Å². The van der Waals surface area contributed by atoms with Crippen LogP contribution in [0.5, 0.6) is 5.75 Å². The number of halogens is 1. The number of methoxy groups -OCH3 is 1. The van der Waals surface area contributed by atoms with Gasteiger partial charge < -0.3 is 4.74 Å². The summed E-state index contributed by atoms with van der Waals surface area (Å²) in [5.74, 6) is -0.0635. The molecule has 2 aliphatic heterocycles. The predicted octanol–water partition coefficient (Wildman–Crippen LogP) is 3.79. The van der Waals surface area contributed by atoms with Crippen LogP contribution in [0.1, 0.15) is 40.9 Å². The summed E-state index contributed by atoms with van der Waals surface area (Å²) in [6, 6.07) is 10.0. The van der Waals surface area contributed by atoms with E-state index in [1.807, 2.05) is 0 Å². The lowest BCUT2D eigenvalue weighted by molar-refractivity contribution is 0.100. The van der Waals surface area contributed by atoms with Crippen LogP contribution in [0.3, 0.4) is 0 Å².